The summed E-state index contributed by atoms with van der Waals surface area (Å²) in [5, 5.41) is 11.0. The van der Waals surface area contributed by atoms with Gasteiger partial charge in [-0.2, -0.15) is 0 Å². The van der Waals surface area contributed by atoms with Crippen molar-refractivity contribution in [3.8, 4) is 5.75 Å². The Morgan fingerprint density at radius 3 is 2.33 bits per heavy atom. The van der Waals surface area contributed by atoms with Gasteiger partial charge >= 0.3 is 5.63 Å². The second kappa shape index (κ2) is 11.7. The van der Waals surface area contributed by atoms with E-state index in [0.29, 0.717) is 17.5 Å². The molecule has 4 aromatic rings. The van der Waals surface area contributed by atoms with Gasteiger partial charge in [-0.1, -0.05) is 37.3 Å². The number of hydrogen-bond acceptors (Lipinski definition) is 7. The molecule has 1 aliphatic carbocycles. The highest BCUT2D eigenvalue weighted by atomic mass is 32.2. The smallest absolute Gasteiger partial charge is 0.343 e. The van der Waals surface area contributed by atoms with E-state index >= 15 is 0 Å². The molecule has 1 aliphatic rings. The Morgan fingerprint density at radius 1 is 0.952 bits per heavy atom. The van der Waals surface area contributed by atoms with E-state index in [1.165, 1.54) is 12.1 Å². The number of aromatic hydroxyl groups is 1. The predicted molar refractivity (Wildman–Crippen MR) is 155 cm³/mol. The van der Waals surface area contributed by atoms with Crippen LogP contribution >= 0.6 is 0 Å². The number of halogens is 1. The monoisotopic (exact) mass is 612 g/mol. The maximum atomic E-state index is 13.3. The van der Waals surface area contributed by atoms with E-state index < -0.39 is 37.4 Å². The van der Waals surface area contributed by atoms with E-state index in [1.807, 2.05) is 6.92 Å². The first kappa shape index (κ1) is 29.5. The average Bonchev–Trinajstić information content (AvgIpc) is 3.79. The van der Waals surface area contributed by atoms with Crippen LogP contribution in [0, 0.1) is 11.7 Å². The quantitative estimate of drug-likeness (QED) is 0.219. The SMILES string of the molecule is CCc1ccccc1S(=O)(=O)NCc1cc(O)c(C(c2cccc(NS(=O)(=O)c3ccc(F)cc3)c2)C2CC2)c(=O)o1. The van der Waals surface area contributed by atoms with E-state index in [4.69, 9.17) is 4.42 Å². The molecule has 1 aromatic heterocycles. The molecule has 1 unspecified atom stereocenters. The molecule has 0 radical (unpaired) electrons. The van der Waals surface area contributed by atoms with Crippen molar-refractivity contribution in [2.45, 2.75) is 48.4 Å². The lowest BCUT2D eigenvalue weighted by Gasteiger charge is -2.19. The van der Waals surface area contributed by atoms with Gasteiger partial charge in [-0.3, -0.25) is 4.72 Å². The van der Waals surface area contributed by atoms with Crippen molar-refractivity contribution in [1.29, 1.82) is 0 Å². The van der Waals surface area contributed by atoms with Crippen LogP contribution < -0.4 is 15.1 Å². The Hall–Kier alpha value is -4.00. The van der Waals surface area contributed by atoms with Gasteiger partial charge in [0.15, 0.2) is 0 Å². The Labute approximate surface area is 243 Å². The molecule has 0 saturated heterocycles. The van der Waals surface area contributed by atoms with Crippen molar-refractivity contribution < 1.29 is 30.7 Å². The standard InChI is InChI=1S/C30H29FN2O7S2/c1-2-19-6-3-4-9-27(19)42(38,39)32-18-24-17-26(34)29(30(35)40-24)28(20-10-11-20)21-7-5-8-23(16-21)33-41(36,37)25-14-12-22(31)13-15-25/h3-9,12-17,20,28,32-34H,2,10-11,18H2,1H3. The van der Waals surface area contributed by atoms with Gasteiger partial charge in [-0.15, -0.1) is 0 Å². The normalized spacial score (nSPS) is 14.4. The van der Waals surface area contributed by atoms with Gasteiger partial charge in [0.2, 0.25) is 10.0 Å². The van der Waals surface area contributed by atoms with Crippen LogP contribution in [0.4, 0.5) is 10.1 Å². The summed E-state index contributed by atoms with van der Waals surface area (Å²) in [6, 6.07) is 18.7. The largest absolute Gasteiger partial charge is 0.507 e. The minimum atomic E-state index is -4.01. The molecule has 5 rings (SSSR count). The lowest BCUT2D eigenvalue weighted by molar-refractivity contribution is 0.401. The number of aryl methyl sites for hydroxylation is 1. The second-order valence-corrected chi connectivity index (χ2v) is 13.5. The second-order valence-electron chi connectivity index (χ2n) is 10.1. The highest BCUT2D eigenvalue weighted by molar-refractivity contribution is 7.92. The number of rotatable bonds is 11. The zero-order chi connectivity index (χ0) is 30.1. The molecule has 0 bridgehead atoms. The van der Waals surface area contributed by atoms with Crippen LogP contribution in [0.25, 0.3) is 0 Å². The van der Waals surface area contributed by atoms with Crippen LogP contribution in [0.2, 0.25) is 0 Å². The molecule has 42 heavy (non-hydrogen) atoms. The Morgan fingerprint density at radius 2 is 1.67 bits per heavy atom. The summed E-state index contributed by atoms with van der Waals surface area (Å²) in [5.74, 6) is -1.54. The number of hydrogen-bond donors (Lipinski definition) is 3. The van der Waals surface area contributed by atoms with Crippen molar-refractivity contribution in [2.24, 2.45) is 5.92 Å². The third kappa shape index (κ3) is 6.40. The van der Waals surface area contributed by atoms with E-state index in [-0.39, 0.29) is 45.0 Å². The van der Waals surface area contributed by atoms with Crippen LogP contribution in [0.15, 0.2) is 97.9 Å². The number of nitrogens with one attached hydrogen (secondary N) is 2. The number of sulfonamides is 2. The summed E-state index contributed by atoms with van der Waals surface area (Å²) in [6.45, 7) is 1.49. The van der Waals surface area contributed by atoms with E-state index in [0.717, 1.165) is 37.1 Å². The van der Waals surface area contributed by atoms with Crippen molar-refractivity contribution in [1.82, 2.24) is 4.72 Å². The van der Waals surface area contributed by atoms with Crippen molar-refractivity contribution in [3.63, 3.8) is 0 Å². The first-order valence-electron chi connectivity index (χ1n) is 13.3. The lowest BCUT2D eigenvalue weighted by atomic mass is 9.87. The highest BCUT2D eigenvalue weighted by Crippen LogP contribution is 2.48. The molecule has 1 saturated carbocycles. The Bertz CT molecular complexity index is 1890. The van der Waals surface area contributed by atoms with Gasteiger partial charge in [-0.05, 0) is 78.8 Å². The third-order valence-corrected chi connectivity index (χ3v) is 10.0. The van der Waals surface area contributed by atoms with Crippen molar-refractivity contribution in [3.05, 3.63) is 118 Å². The zero-order valence-electron chi connectivity index (χ0n) is 22.6. The summed E-state index contributed by atoms with van der Waals surface area (Å²) >= 11 is 0. The van der Waals surface area contributed by atoms with Crippen LogP contribution in [0.5, 0.6) is 5.75 Å². The summed E-state index contributed by atoms with van der Waals surface area (Å²) in [5.41, 5.74) is 0.652. The molecule has 1 atom stereocenters. The molecule has 220 valence electrons. The van der Waals surface area contributed by atoms with Crippen LogP contribution in [-0.2, 0) is 33.0 Å². The van der Waals surface area contributed by atoms with Gasteiger partial charge < -0.3 is 9.52 Å². The maximum Gasteiger partial charge on any atom is 0.343 e. The van der Waals surface area contributed by atoms with Crippen LogP contribution in [0.1, 0.15) is 48.1 Å². The number of benzene rings is 3. The highest BCUT2D eigenvalue weighted by Gasteiger charge is 2.37. The predicted octanol–water partition coefficient (Wildman–Crippen LogP) is 4.87. The van der Waals surface area contributed by atoms with E-state index in [9.17, 15) is 31.1 Å². The molecule has 1 heterocycles. The van der Waals surface area contributed by atoms with Crippen LogP contribution in [0.3, 0.4) is 0 Å². The molecular formula is C30H29FN2O7S2. The Kier molecular flexibility index (Phi) is 8.22. The third-order valence-electron chi connectivity index (χ3n) is 7.12. The fourth-order valence-corrected chi connectivity index (χ4v) is 7.29. The van der Waals surface area contributed by atoms with Gasteiger partial charge in [-0.25, -0.2) is 30.7 Å². The van der Waals surface area contributed by atoms with Crippen LogP contribution in [-0.4, -0.2) is 21.9 Å². The Balaban J connectivity index is 1.40. The molecule has 12 heteroatoms. The van der Waals surface area contributed by atoms with E-state index in [2.05, 4.69) is 9.44 Å². The summed E-state index contributed by atoms with van der Waals surface area (Å²) in [4.78, 5) is 13.2. The van der Waals surface area contributed by atoms with Gasteiger partial charge in [0.05, 0.1) is 21.9 Å². The average molecular weight is 613 g/mol. The summed E-state index contributed by atoms with van der Waals surface area (Å²) in [6.07, 6.45) is 2.08. The first-order valence-corrected chi connectivity index (χ1v) is 16.3. The lowest BCUT2D eigenvalue weighted by Crippen LogP contribution is -2.25. The fraction of sp³-hybridized carbons (Fsp3) is 0.233. The molecule has 3 aromatic carbocycles. The summed E-state index contributed by atoms with van der Waals surface area (Å²) < 4.78 is 75.1. The minimum absolute atomic E-state index is 0.0117. The van der Waals surface area contributed by atoms with Gasteiger partial charge in [0.1, 0.15) is 17.3 Å². The molecule has 0 aliphatic heterocycles. The first-order chi connectivity index (χ1) is 20.0. The number of anilines is 1. The molecule has 0 amide bonds. The minimum Gasteiger partial charge on any atom is -0.507 e. The topological polar surface area (TPSA) is 143 Å². The maximum absolute atomic E-state index is 13.3. The fourth-order valence-electron chi connectivity index (χ4n) is 4.94. The molecule has 9 nitrogen and oxygen atoms in total. The van der Waals surface area contributed by atoms with Gasteiger partial charge in [0.25, 0.3) is 10.0 Å². The molecule has 0 spiro atoms. The molecular weight excluding hydrogens is 583 g/mol. The van der Waals surface area contributed by atoms with E-state index in [1.54, 1.807) is 42.5 Å². The molecule has 1 fully saturated rings. The zero-order valence-corrected chi connectivity index (χ0v) is 24.2. The van der Waals surface area contributed by atoms with Crippen molar-refractivity contribution in [2.75, 3.05) is 4.72 Å². The van der Waals surface area contributed by atoms with Crippen molar-refractivity contribution >= 4 is 25.7 Å². The summed E-state index contributed by atoms with van der Waals surface area (Å²) in [7, 11) is -7.92. The van der Waals surface area contributed by atoms with Gasteiger partial charge in [0, 0.05) is 17.7 Å². The molecule has 3 N–H and O–H groups in total.